The zero-order chi connectivity index (χ0) is 14.2. The predicted octanol–water partition coefficient (Wildman–Crippen LogP) is 2.61. The first kappa shape index (κ1) is 13.8. The molecule has 0 saturated heterocycles. The first-order valence-electron chi connectivity index (χ1n) is 5.40. The van der Waals surface area contributed by atoms with Crippen LogP contribution in [0, 0.1) is 0 Å². The predicted molar refractivity (Wildman–Crippen MR) is 68.4 cm³/mol. The molecule has 1 aromatic rings. The number of benzene rings is 1. The van der Waals surface area contributed by atoms with E-state index in [4.69, 9.17) is 23.2 Å². The normalized spacial score (nSPS) is 17.1. The molecule has 1 heterocycles. The maximum Gasteiger partial charge on any atom is 0.404 e. The average Bonchev–Trinajstić information content (AvgIpc) is 2.61. The van der Waals surface area contributed by atoms with Crippen molar-refractivity contribution in [1.82, 2.24) is 4.90 Å². The summed E-state index contributed by atoms with van der Waals surface area (Å²) >= 11 is 11.1. The number of rotatable bonds is 3. The zero-order valence-electron chi connectivity index (χ0n) is 9.80. The fourth-order valence-corrected chi connectivity index (χ4v) is 2.21. The van der Waals surface area contributed by atoms with E-state index in [1.165, 1.54) is 19.1 Å². The van der Waals surface area contributed by atoms with Gasteiger partial charge >= 0.3 is 5.43 Å². The van der Waals surface area contributed by atoms with E-state index in [0.29, 0.717) is 0 Å². The van der Waals surface area contributed by atoms with Gasteiger partial charge in [0.2, 0.25) is 0 Å². The molecule has 100 valence electrons. The van der Waals surface area contributed by atoms with Crippen LogP contribution >= 0.6 is 23.2 Å². The molecule has 0 aromatic heterocycles. The number of ether oxygens (including phenoxy) is 1. The SMILES string of the molecule is CC(OC(=O)Cl)C(Cl)N1C(=O)c2ccccc2C1=O. The second-order valence-corrected chi connectivity index (χ2v) is 4.71. The van der Waals surface area contributed by atoms with Gasteiger partial charge in [-0.05, 0) is 19.1 Å². The molecular formula is C12H9Cl2NO4. The van der Waals surface area contributed by atoms with Gasteiger partial charge in [-0.25, -0.2) is 4.79 Å². The van der Waals surface area contributed by atoms with Crippen molar-refractivity contribution in [3.05, 3.63) is 35.4 Å². The molecule has 0 aliphatic carbocycles. The van der Waals surface area contributed by atoms with Crippen molar-refractivity contribution in [2.45, 2.75) is 18.5 Å². The van der Waals surface area contributed by atoms with Crippen LogP contribution in [0.2, 0.25) is 0 Å². The van der Waals surface area contributed by atoms with E-state index in [9.17, 15) is 14.4 Å². The Kier molecular flexibility index (Phi) is 3.78. The third-order valence-electron chi connectivity index (χ3n) is 2.74. The topological polar surface area (TPSA) is 63.7 Å². The number of hydrogen-bond donors (Lipinski definition) is 0. The van der Waals surface area contributed by atoms with Gasteiger partial charge in [-0.15, -0.1) is 0 Å². The molecule has 0 fully saturated rings. The van der Waals surface area contributed by atoms with Crippen molar-refractivity contribution < 1.29 is 19.1 Å². The molecule has 0 radical (unpaired) electrons. The number of nitrogens with zero attached hydrogens (tertiary/aromatic N) is 1. The Bertz CT molecular complexity index is 525. The number of fused-ring (bicyclic) bond motifs is 1. The Morgan fingerprint density at radius 2 is 1.68 bits per heavy atom. The van der Waals surface area contributed by atoms with Crippen molar-refractivity contribution in [2.75, 3.05) is 0 Å². The Hall–Kier alpha value is -1.59. The summed E-state index contributed by atoms with van der Waals surface area (Å²) in [5.74, 6) is -1.03. The van der Waals surface area contributed by atoms with Crippen LogP contribution in [0.15, 0.2) is 24.3 Å². The molecule has 19 heavy (non-hydrogen) atoms. The Labute approximate surface area is 119 Å². The largest absolute Gasteiger partial charge is 0.447 e. The van der Waals surface area contributed by atoms with Crippen LogP contribution < -0.4 is 0 Å². The molecule has 1 aliphatic heterocycles. The van der Waals surface area contributed by atoms with Crippen LogP contribution in [0.1, 0.15) is 27.6 Å². The molecule has 0 saturated carbocycles. The van der Waals surface area contributed by atoms with E-state index >= 15 is 0 Å². The maximum absolute atomic E-state index is 12.1. The summed E-state index contributed by atoms with van der Waals surface area (Å²) in [6.07, 6.45) is -0.908. The number of halogens is 2. The second kappa shape index (κ2) is 5.19. The van der Waals surface area contributed by atoms with E-state index in [1.54, 1.807) is 12.1 Å². The highest BCUT2D eigenvalue weighted by Gasteiger charge is 2.41. The van der Waals surface area contributed by atoms with Crippen LogP contribution in [-0.2, 0) is 4.74 Å². The van der Waals surface area contributed by atoms with Crippen LogP contribution in [0.5, 0.6) is 0 Å². The minimum absolute atomic E-state index is 0.280. The van der Waals surface area contributed by atoms with Gasteiger partial charge in [-0.3, -0.25) is 14.5 Å². The summed E-state index contributed by atoms with van der Waals surface area (Å²) in [6, 6.07) is 6.38. The molecule has 2 rings (SSSR count). The van der Waals surface area contributed by atoms with Gasteiger partial charge in [0.25, 0.3) is 11.8 Å². The van der Waals surface area contributed by atoms with Crippen LogP contribution in [0.3, 0.4) is 0 Å². The van der Waals surface area contributed by atoms with Crippen molar-refractivity contribution in [3.8, 4) is 0 Å². The van der Waals surface area contributed by atoms with E-state index in [-0.39, 0.29) is 11.1 Å². The molecule has 5 nitrogen and oxygen atoms in total. The van der Waals surface area contributed by atoms with Crippen molar-refractivity contribution >= 4 is 40.4 Å². The van der Waals surface area contributed by atoms with E-state index < -0.39 is 28.8 Å². The summed E-state index contributed by atoms with van der Waals surface area (Å²) in [6.45, 7) is 1.45. The number of amides is 2. The molecule has 2 amide bonds. The maximum atomic E-state index is 12.1. The summed E-state index contributed by atoms with van der Waals surface area (Å²) in [7, 11) is 0. The highest BCUT2D eigenvalue weighted by Crippen LogP contribution is 2.27. The van der Waals surface area contributed by atoms with E-state index in [2.05, 4.69) is 4.74 Å². The first-order valence-corrected chi connectivity index (χ1v) is 6.22. The van der Waals surface area contributed by atoms with Crippen LogP contribution in [-0.4, -0.2) is 33.7 Å². The van der Waals surface area contributed by atoms with Gasteiger partial charge in [0.1, 0.15) is 6.10 Å². The third kappa shape index (κ3) is 2.43. The lowest BCUT2D eigenvalue weighted by atomic mass is 10.1. The summed E-state index contributed by atoms with van der Waals surface area (Å²) in [5, 5.41) is 0. The highest BCUT2D eigenvalue weighted by atomic mass is 35.5. The minimum Gasteiger partial charge on any atom is -0.447 e. The lowest BCUT2D eigenvalue weighted by molar-refractivity contribution is 0.0482. The van der Waals surface area contributed by atoms with E-state index in [0.717, 1.165) is 4.90 Å². The molecule has 1 aromatic carbocycles. The average molecular weight is 302 g/mol. The number of hydrogen-bond acceptors (Lipinski definition) is 4. The molecule has 7 heteroatoms. The number of alkyl halides is 1. The standard InChI is InChI=1S/C12H9Cl2NO4/c1-6(19-12(14)18)9(13)15-10(16)7-4-2-3-5-8(7)11(15)17/h2-6,9H,1H3. The van der Waals surface area contributed by atoms with Crippen molar-refractivity contribution in [2.24, 2.45) is 0 Å². The second-order valence-electron chi connectivity index (χ2n) is 3.96. The highest BCUT2D eigenvalue weighted by molar-refractivity contribution is 6.61. The number of carbonyl (C=O) groups is 3. The van der Waals surface area contributed by atoms with Crippen LogP contribution in [0.4, 0.5) is 4.79 Å². The van der Waals surface area contributed by atoms with Gasteiger partial charge in [-0.1, -0.05) is 23.7 Å². The van der Waals surface area contributed by atoms with Gasteiger partial charge in [0, 0.05) is 11.6 Å². The minimum atomic E-state index is -1.12. The quantitative estimate of drug-likeness (QED) is 0.372. The van der Waals surface area contributed by atoms with Crippen molar-refractivity contribution in [3.63, 3.8) is 0 Å². The summed E-state index contributed by atoms with van der Waals surface area (Å²) < 4.78 is 4.67. The molecule has 1 aliphatic rings. The first-order chi connectivity index (χ1) is 8.93. The smallest absolute Gasteiger partial charge is 0.404 e. The van der Waals surface area contributed by atoms with E-state index in [1.807, 2.05) is 0 Å². The third-order valence-corrected chi connectivity index (χ3v) is 3.38. The molecular weight excluding hydrogens is 293 g/mol. The van der Waals surface area contributed by atoms with Gasteiger partial charge in [0.05, 0.1) is 11.1 Å². The number of imide groups is 1. The fraction of sp³-hybridized carbons (Fsp3) is 0.250. The number of carbonyl (C=O) groups excluding carboxylic acids is 3. The monoisotopic (exact) mass is 301 g/mol. The van der Waals surface area contributed by atoms with Crippen LogP contribution in [0.25, 0.3) is 0 Å². The van der Waals surface area contributed by atoms with Crippen molar-refractivity contribution in [1.29, 1.82) is 0 Å². The summed E-state index contributed by atoms with van der Waals surface area (Å²) in [4.78, 5) is 35.7. The Morgan fingerprint density at radius 1 is 1.21 bits per heavy atom. The van der Waals surface area contributed by atoms with Gasteiger partial charge in [-0.2, -0.15) is 0 Å². The Morgan fingerprint density at radius 3 is 2.11 bits per heavy atom. The lowest BCUT2D eigenvalue weighted by Crippen LogP contribution is -2.43. The molecule has 0 spiro atoms. The van der Waals surface area contributed by atoms with Gasteiger partial charge < -0.3 is 4.74 Å². The summed E-state index contributed by atoms with van der Waals surface area (Å²) in [5.41, 5.74) is -1.60. The molecule has 2 unspecified atom stereocenters. The van der Waals surface area contributed by atoms with Gasteiger partial charge in [0.15, 0.2) is 5.50 Å². The lowest BCUT2D eigenvalue weighted by Gasteiger charge is -2.24. The zero-order valence-corrected chi connectivity index (χ0v) is 11.3. The Balaban J connectivity index is 2.26. The fourth-order valence-electron chi connectivity index (χ4n) is 1.84. The molecule has 0 N–H and O–H groups in total. The molecule has 2 atom stereocenters. The molecule has 0 bridgehead atoms.